The Labute approximate surface area is 595 Å². The van der Waals surface area contributed by atoms with Gasteiger partial charge in [-0.15, -0.1) is 24.5 Å². The number of carbonyl (C=O) groups is 9. The third kappa shape index (κ3) is 42.0. The molecule has 2 aromatic carbocycles. The third-order valence-electron chi connectivity index (χ3n) is 8.44. The van der Waals surface area contributed by atoms with Gasteiger partial charge in [-0.05, 0) is 30.9 Å². The van der Waals surface area contributed by atoms with Crippen LogP contribution in [0.3, 0.4) is 0 Å². The molecule has 0 aliphatic rings. The number of hydrogen-bond acceptors (Lipinski definition) is 12. The molecule has 0 heterocycles. The van der Waals surface area contributed by atoms with Crippen molar-refractivity contribution in [2.45, 2.75) is 64.7 Å². The molecule has 24 heteroatoms. The van der Waals surface area contributed by atoms with Gasteiger partial charge in [-0.3, -0.25) is 24.0 Å². The Morgan fingerprint density at radius 1 is 0.500 bits per heavy atom. The smallest absolute Gasteiger partial charge is 0.651 e. The first-order valence-electron chi connectivity index (χ1n) is 20.7. The fraction of sp³-hybridized carbons (Fsp3) is 0.477. The molecule has 0 aliphatic carbocycles. The molecule has 2 rings (SSSR count). The quantitative estimate of drug-likeness (QED) is 0.0289. The first kappa shape index (κ1) is 75.1. The summed E-state index contributed by atoms with van der Waals surface area (Å²) in [5.41, 5.74) is 3.09. The number of rotatable bonds is 29. The van der Waals surface area contributed by atoms with Crippen molar-refractivity contribution in [3.05, 3.63) is 92.7 Å². The molecule has 0 radical (unpaired) electrons. The second-order valence-corrected chi connectivity index (χ2v) is 13.7. The zero-order chi connectivity index (χ0) is 47.5. The predicted octanol–water partition coefficient (Wildman–Crippen LogP) is -8.85. The maximum Gasteiger partial charge on any atom is 1.00 e. The van der Waals surface area contributed by atoms with Crippen molar-refractivity contribution >= 4 is 64.4 Å². The Balaban J connectivity index is -0.000000570. The minimum atomic E-state index is -0.616. The predicted molar refractivity (Wildman–Crippen MR) is 240 cm³/mol. The van der Waals surface area contributed by atoms with E-state index in [1.54, 1.807) is 69.7 Å². The van der Waals surface area contributed by atoms with Gasteiger partial charge in [-0.25, -0.2) is 0 Å². The van der Waals surface area contributed by atoms with Crippen molar-refractivity contribution < 1.29 is 285 Å². The zero-order valence-electron chi connectivity index (χ0n) is 41.3. The van der Waals surface area contributed by atoms with Crippen LogP contribution >= 0.6 is 0 Å². The van der Waals surface area contributed by atoms with Gasteiger partial charge in [0.15, 0.2) is 5.78 Å². The molecule has 0 bridgehead atoms. The summed E-state index contributed by atoms with van der Waals surface area (Å²) in [4.78, 5) is 104. The molecule has 0 saturated heterocycles. The molecule has 0 unspecified atom stereocenters. The number of benzene rings is 2. The topological polar surface area (TPSA) is 289 Å². The van der Waals surface area contributed by atoms with Gasteiger partial charge in [0.25, 0.3) is 0 Å². The molecule has 0 atom stereocenters. The second-order valence-electron chi connectivity index (χ2n) is 13.7. The zero-order valence-corrected chi connectivity index (χ0v) is 61.0. The Morgan fingerprint density at radius 3 is 1.29 bits per heavy atom. The van der Waals surface area contributed by atoms with Crippen LogP contribution in [0.25, 0.3) is 21.3 Å². The van der Waals surface area contributed by atoms with Crippen molar-refractivity contribution in [1.82, 2.24) is 26.6 Å². The van der Waals surface area contributed by atoms with Gasteiger partial charge >= 0.3 is 233 Å². The normalized spacial score (nSPS) is 9.87. The third-order valence-corrected chi connectivity index (χ3v) is 8.44. The van der Waals surface area contributed by atoms with Gasteiger partial charge in [-0.2, -0.15) is 0 Å². The summed E-state index contributed by atoms with van der Waals surface area (Å²) in [5.74, 6) is -2.86. The molecule has 352 valence electrons. The van der Waals surface area contributed by atoms with Crippen LogP contribution in [-0.2, 0) is 65.5 Å². The number of nitrogens with one attached hydrogen (secondary N) is 5. The summed E-state index contributed by atoms with van der Waals surface area (Å²) in [6.45, 7) is 3.60. The molecule has 0 spiro atoms. The summed E-state index contributed by atoms with van der Waals surface area (Å²) in [7, 11) is 6.42. The van der Waals surface area contributed by atoms with Gasteiger partial charge in [0.1, 0.15) is 0 Å². The minimum Gasteiger partial charge on any atom is -0.651 e. The molecular formula is C44H61N9O11Rb4. The van der Waals surface area contributed by atoms with E-state index in [0.29, 0.717) is 50.3 Å². The van der Waals surface area contributed by atoms with E-state index >= 15 is 0 Å². The molecule has 5 N–H and O–H groups in total. The van der Waals surface area contributed by atoms with E-state index in [1.807, 2.05) is 6.92 Å². The Morgan fingerprint density at radius 2 is 0.897 bits per heavy atom. The Bertz CT molecular complexity index is 1860. The summed E-state index contributed by atoms with van der Waals surface area (Å²) >= 11 is 0. The number of nitrogens with zero attached hydrogens (tertiary/aromatic N) is 4. The van der Waals surface area contributed by atoms with Gasteiger partial charge < -0.3 is 76.5 Å². The molecule has 68 heavy (non-hydrogen) atoms. The minimum absolute atomic E-state index is 0. The van der Waals surface area contributed by atoms with E-state index in [9.17, 15) is 43.2 Å². The first-order valence-corrected chi connectivity index (χ1v) is 20.7. The van der Waals surface area contributed by atoms with Crippen LogP contribution in [-0.4, -0.2) is 127 Å². The fourth-order valence-corrected chi connectivity index (χ4v) is 4.96. The van der Waals surface area contributed by atoms with Gasteiger partial charge in [0.05, 0.1) is 30.0 Å². The number of hydrogen-bond donors (Lipinski definition) is 5. The van der Waals surface area contributed by atoms with E-state index in [0.717, 1.165) is 16.8 Å². The molecule has 0 aliphatic heterocycles. The summed E-state index contributed by atoms with van der Waals surface area (Å²) in [6.07, 6.45) is 3.19. The van der Waals surface area contributed by atoms with Crippen LogP contribution in [0.15, 0.2) is 60.3 Å². The number of ether oxygens (including phenoxy) is 2. The number of allylic oxidation sites excluding steroid dienone is 2. The second kappa shape index (κ2) is 48.5. The summed E-state index contributed by atoms with van der Waals surface area (Å²) in [5, 5.41) is 28.3. The summed E-state index contributed by atoms with van der Waals surface area (Å²) in [6, 6.07) is 13.2. The van der Waals surface area contributed by atoms with E-state index < -0.39 is 36.5 Å². The molecule has 2 aromatic rings. The molecule has 0 saturated carbocycles. The number of ketones is 1. The molecule has 8 amide bonds. The average Bonchev–Trinajstić information content (AvgIpc) is 3.26. The van der Waals surface area contributed by atoms with Crippen LogP contribution in [0, 0.1) is 0 Å². The van der Waals surface area contributed by atoms with Crippen molar-refractivity contribution in [2.24, 2.45) is 0 Å². The van der Waals surface area contributed by atoms with E-state index in [-0.39, 0.29) is 314 Å². The van der Waals surface area contributed by atoms with Crippen molar-refractivity contribution in [1.29, 1.82) is 0 Å². The SMILES string of the molecule is CNC(=O)CCCOCC[N-]C(=O)CC(=O)[N-]c1ccc(CC(=O)/C=C(/C)NC)cc1.CNC(=O)CCCOCC[N-]C(=O)CC(=O)[N-]c1ccc(CC(=O)NCCC(=O)NC)cc1.[Rb+].[Rb+].[Rb+].[Rb+]. The monoisotopic (exact) mass is 1230 g/mol. The van der Waals surface area contributed by atoms with E-state index in [2.05, 4.69) is 47.9 Å². The maximum atomic E-state index is 11.9. The fourth-order valence-electron chi connectivity index (χ4n) is 4.96. The van der Waals surface area contributed by atoms with Crippen LogP contribution in [0.5, 0.6) is 0 Å². The van der Waals surface area contributed by atoms with E-state index in [1.165, 1.54) is 13.1 Å². The largest absolute Gasteiger partial charge is 1.00 e. The maximum absolute atomic E-state index is 11.9. The summed E-state index contributed by atoms with van der Waals surface area (Å²) < 4.78 is 10.6. The molecule has 0 fully saturated rings. The van der Waals surface area contributed by atoms with Gasteiger partial charge in [0, 0.05) is 111 Å². The molecule has 20 nitrogen and oxygen atoms in total. The van der Waals surface area contributed by atoms with Crippen LogP contribution in [0.1, 0.15) is 63.0 Å². The van der Waals surface area contributed by atoms with Gasteiger partial charge in [0.2, 0.25) is 23.6 Å². The van der Waals surface area contributed by atoms with Crippen molar-refractivity contribution in [3.63, 3.8) is 0 Å². The standard InChI is InChI=1S/C22H33N5O6.C22H32N4O5.4Rb/c1-23-18(28)4-3-12-33-13-11-26-21(31)15-22(32)27-17-7-5-16(6-8-17)14-20(30)25-10-9-19(29)24-2;1-16(23-2)13-19(27)14-17-6-8-18(9-7-17)26-22(30)15-21(29)25-10-12-31-11-4-5-20(28)24-3;;;;/h5-8H,3-4,9-15H2,1-2H3,(H5,23,24,25,26,27,28,29,30,31,32);6-9,13H,4-5,10-12,14-15H2,1-3H3,(H4,23,24,25,26,27,28,29,30);;;;/q;;4*+1/p-4. The van der Waals surface area contributed by atoms with Gasteiger partial charge in [-0.1, -0.05) is 48.5 Å². The van der Waals surface area contributed by atoms with Crippen molar-refractivity contribution in [3.8, 4) is 0 Å². The van der Waals surface area contributed by atoms with Crippen LogP contribution < -0.4 is 259 Å². The average molecular weight is 1230 g/mol. The first-order chi connectivity index (χ1) is 30.7. The van der Waals surface area contributed by atoms with E-state index in [4.69, 9.17) is 9.47 Å². The Hall–Kier alpha value is 0.551. The Kier molecular flexibility index (Phi) is 53.5. The van der Waals surface area contributed by atoms with Crippen LogP contribution in [0.2, 0.25) is 0 Å². The van der Waals surface area contributed by atoms with Crippen LogP contribution in [0.4, 0.5) is 11.4 Å². The molecule has 0 aromatic heterocycles. The number of amides is 8. The number of carbonyl (C=O) groups excluding carboxylic acids is 9. The molecular weight excluding hydrogens is 1170 g/mol. The van der Waals surface area contributed by atoms with Crippen molar-refractivity contribution in [2.75, 3.05) is 74.3 Å².